The van der Waals surface area contributed by atoms with Gasteiger partial charge in [0.1, 0.15) is 5.78 Å². The Labute approximate surface area is 151 Å². The van der Waals surface area contributed by atoms with Gasteiger partial charge in [-0.1, -0.05) is 60.7 Å². The lowest BCUT2D eigenvalue weighted by Crippen LogP contribution is -2.13. The van der Waals surface area contributed by atoms with Gasteiger partial charge in [-0.05, 0) is 44.6 Å². The van der Waals surface area contributed by atoms with Crippen molar-refractivity contribution in [3.05, 3.63) is 41.0 Å². The predicted octanol–water partition coefficient (Wildman–Crippen LogP) is 5.34. The van der Waals surface area contributed by atoms with Crippen LogP contribution in [-0.4, -0.2) is 16.9 Å². The fourth-order valence-corrected chi connectivity index (χ4v) is 3.87. The summed E-state index contributed by atoms with van der Waals surface area (Å²) in [5.74, 6) is 0.192. The van der Waals surface area contributed by atoms with Crippen LogP contribution in [0.4, 0.5) is 0 Å². The van der Waals surface area contributed by atoms with Crippen LogP contribution in [0.5, 0.6) is 0 Å². The van der Waals surface area contributed by atoms with Crippen molar-refractivity contribution >= 4 is 17.8 Å². The Morgan fingerprint density at radius 1 is 1.12 bits per heavy atom. The van der Waals surface area contributed by atoms with E-state index in [1.807, 2.05) is 0 Å². The topological polar surface area (TPSA) is 54.4 Å². The quantitative estimate of drug-likeness (QED) is 0.617. The van der Waals surface area contributed by atoms with Crippen molar-refractivity contribution in [3.8, 4) is 0 Å². The van der Waals surface area contributed by atoms with Gasteiger partial charge in [0.15, 0.2) is 0 Å². The number of allylic oxidation sites excluding steroid dienone is 1. The summed E-state index contributed by atoms with van der Waals surface area (Å²) in [4.78, 5) is 22.7. The molecule has 1 N–H and O–H groups in total. The van der Waals surface area contributed by atoms with Gasteiger partial charge in [-0.3, -0.25) is 9.59 Å². The summed E-state index contributed by atoms with van der Waals surface area (Å²) in [5, 5.41) is 8.65. The summed E-state index contributed by atoms with van der Waals surface area (Å²) in [6.45, 7) is 4.22. The number of benzene rings is 1. The lowest BCUT2D eigenvalue weighted by molar-refractivity contribution is -0.137. The molecule has 2 unspecified atom stereocenters. The maximum atomic E-state index is 12.2. The van der Waals surface area contributed by atoms with Gasteiger partial charge in [-0.15, -0.1) is 0 Å². The summed E-state index contributed by atoms with van der Waals surface area (Å²) in [6.07, 6.45) is 11.0. The van der Waals surface area contributed by atoms with Crippen LogP contribution in [0.1, 0.15) is 68.1 Å². The number of rotatable bonds is 9. The number of unbranched alkanes of at least 4 members (excludes halogenated alkanes) is 3. The predicted molar refractivity (Wildman–Crippen MR) is 102 cm³/mol. The molecule has 0 radical (unpaired) electrons. The number of Topliss-reactive ketones (excluding diaryl/α,β-unsaturated/α-hetero) is 1. The zero-order valence-corrected chi connectivity index (χ0v) is 15.5. The molecular formula is C22H30O3. The lowest BCUT2D eigenvalue weighted by atomic mass is 9.89. The highest BCUT2D eigenvalue weighted by atomic mass is 16.4. The third kappa shape index (κ3) is 6.49. The van der Waals surface area contributed by atoms with Crippen molar-refractivity contribution < 1.29 is 14.7 Å². The first-order valence-electron chi connectivity index (χ1n) is 9.46. The number of ketones is 1. The van der Waals surface area contributed by atoms with E-state index in [4.69, 9.17) is 5.11 Å². The first kappa shape index (κ1) is 19.4. The normalized spacial score (nSPS) is 20.5. The summed E-state index contributed by atoms with van der Waals surface area (Å²) >= 11 is 0. The number of carboxylic acids is 1. The first-order chi connectivity index (χ1) is 12.0. The molecule has 0 bridgehead atoms. The van der Waals surface area contributed by atoms with Gasteiger partial charge in [0.2, 0.25) is 0 Å². The number of carboxylic acid groups (broad SMARTS) is 1. The fraction of sp³-hybridized carbons (Fsp3) is 0.545. The van der Waals surface area contributed by atoms with E-state index in [-0.39, 0.29) is 12.3 Å². The van der Waals surface area contributed by atoms with Crippen LogP contribution in [0.15, 0.2) is 24.3 Å². The second-order valence-corrected chi connectivity index (χ2v) is 7.40. The number of aryl methyl sites for hydroxylation is 2. The van der Waals surface area contributed by atoms with Crippen LogP contribution >= 0.6 is 0 Å². The summed E-state index contributed by atoms with van der Waals surface area (Å²) in [7, 11) is 0. The molecule has 1 aromatic rings. The third-order valence-electron chi connectivity index (χ3n) is 5.09. The molecule has 1 saturated carbocycles. The zero-order chi connectivity index (χ0) is 18.2. The Balaban J connectivity index is 1.84. The van der Waals surface area contributed by atoms with Gasteiger partial charge in [-0.25, -0.2) is 0 Å². The second-order valence-electron chi connectivity index (χ2n) is 7.40. The van der Waals surface area contributed by atoms with Crippen molar-refractivity contribution in [3.63, 3.8) is 0 Å². The van der Waals surface area contributed by atoms with Crippen molar-refractivity contribution in [2.75, 3.05) is 0 Å². The Bertz CT molecular complexity index is 610. The maximum absolute atomic E-state index is 12.2. The SMILES string of the molecule is Cc1cc(C)cc(/C=C/C2CCC(=O)C2CCCCCCC(=O)O)c1. The molecule has 1 aliphatic rings. The van der Waals surface area contributed by atoms with E-state index in [2.05, 4.69) is 44.2 Å². The molecule has 2 atom stereocenters. The van der Waals surface area contributed by atoms with Gasteiger partial charge in [0, 0.05) is 18.8 Å². The number of hydrogen-bond donors (Lipinski definition) is 1. The van der Waals surface area contributed by atoms with Gasteiger partial charge in [0.05, 0.1) is 0 Å². The van der Waals surface area contributed by atoms with Crippen LogP contribution in [0.25, 0.3) is 6.08 Å². The molecule has 0 heterocycles. The molecule has 1 fully saturated rings. The minimum Gasteiger partial charge on any atom is -0.481 e. The highest BCUT2D eigenvalue weighted by Gasteiger charge is 2.32. The highest BCUT2D eigenvalue weighted by Crippen LogP contribution is 2.34. The first-order valence-corrected chi connectivity index (χ1v) is 9.46. The van der Waals surface area contributed by atoms with Crippen LogP contribution in [0.3, 0.4) is 0 Å². The van der Waals surface area contributed by atoms with Crippen LogP contribution in [-0.2, 0) is 9.59 Å². The van der Waals surface area contributed by atoms with Crippen molar-refractivity contribution in [1.29, 1.82) is 0 Å². The van der Waals surface area contributed by atoms with Gasteiger partial charge < -0.3 is 5.11 Å². The molecule has 0 spiro atoms. The number of carbonyl (C=O) groups is 2. The van der Waals surface area contributed by atoms with Crippen molar-refractivity contribution in [2.45, 2.75) is 65.2 Å². The fourth-order valence-electron chi connectivity index (χ4n) is 3.87. The molecule has 0 aromatic heterocycles. The molecule has 0 amide bonds. The van der Waals surface area contributed by atoms with Crippen molar-refractivity contribution in [1.82, 2.24) is 0 Å². The van der Waals surface area contributed by atoms with Crippen LogP contribution in [0, 0.1) is 25.7 Å². The second kappa shape index (κ2) is 9.55. The Morgan fingerprint density at radius 3 is 2.48 bits per heavy atom. The Morgan fingerprint density at radius 2 is 1.80 bits per heavy atom. The molecule has 25 heavy (non-hydrogen) atoms. The molecule has 2 rings (SSSR count). The van der Waals surface area contributed by atoms with Crippen LogP contribution in [0.2, 0.25) is 0 Å². The van der Waals surface area contributed by atoms with Crippen molar-refractivity contribution in [2.24, 2.45) is 11.8 Å². The monoisotopic (exact) mass is 342 g/mol. The van der Waals surface area contributed by atoms with Gasteiger partial charge in [-0.2, -0.15) is 0 Å². The molecule has 3 heteroatoms. The summed E-state index contributed by atoms with van der Waals surface area (Å²) < 4.78 is 0. The summed E-state index contributed by atoms with van der Waals surface area (Å²) in [5.41, 5.74) is 3.74. The zero-order valence-electron chi connectivity index (χ0n) is 15.5. The van der Waals surface area contributed by atoms with Gasteiger partial charge in [0.25, 0.3) is 0 Å². The number of carbonyl (C=O) groups excluding carboxylic acids is 1. The Hall–Kier alpha value is -1.90. The smallest absolute Gasteiger partial charge is 0.303 e. The molecule has 136 valence electrons. The standard InChI is InChI=1S/C22H30O3/c1-16-13-17(2)15-18(14-16)9-10-19-11-12-21(23)20(19)7-5-3-4-6-8-22(24)25/h9-10,13-15,19-20H,3-8,11-12H2,1-2H3,(H,24,25)/b10-9+. The minimum atomic E-state index is -0.720. The van der Waals surface area contributed by atoms with E-state index in [0.29, 0.717) is 18.1 Å². The van der Waals surface area contributed by atoms with E-state index in [0.717, 1.165) is 38.5 Å². The maximum Gasteiger partial charge on any atom is 0.303 e. The van der Waals surface area contributed by atoms with E-state index in [9.17, 15) is 9.59 Å². The van der Waals surface area contributed by atoms with Crippen LogP contribution < -0.4 is 0 Å². The van der Waals surface area contributed by atoms with E-state index >= 15 is 0 Å². The average molecular weight is 342 g/mol. The Kier molecular flexibility index (Phi) is 7.42. The average Bonchev–Trinajstić information content (AvgIpc) is 2.88. The molecule has 1 aliphatic carbocycles. The largest absolute Gasteiger partial charge is 0.481 e. The van der Waals surface area contributed by atoms with E-state index in [1.54, 1.807) is 0 Å². The third-order valence-corrected chi connectivity index (χ3v) is 5.09. The molecular weight excluding hydrogens is 312 g/mol. The lowest BCUT2D eigenvalue weighted by Gasteiger charge is -2.15. The minimum absolute atomic E-state index is 0.154. The van der Waals surface area contributed by atoms with Gasteiger partial charge >= 0.3 is 5.97 Å². The molecule has 1 aromatic carbocycles. The molecule has 0 saturated heterocycles. The molecule has 3 nitrogen and oxygen atoms in total. The van der Waals surface area contributed by atoms with E-state index < -0.39 is 5.97 Å². The summed E-state index contributed by atoms with van der Waals surface area (Å²) in [6, 6.07) is 6.53. The molecule has 0 aliphatic heterocycles. The van der Waals surface area contributed by atoms with E-state index in [1.165, 1.54) is 16.7 Å². The number of hydrogen-bond acceptors (Lipinski definition) is 2. The number of aliphatic carboxylic acids is 1. The highest BCUT2D eigenvalue weighted by molar-refractivity contribution is 5.84.